The van der Waals surface area contributed by atoms with E-state index < -0.39 is 24.5 Å². The Balaban J connectivity index is -0.000000151. The van der Waals surface area contributed by atoms with Gasteiger partial charge in [-0.2, -0.15) is 0 Å². The van der Waals surface area contributed by atoms with Gasteiger partial charge in [0.25, 0.3) is 0 Å². The van der Waals surface area contributed by atoms with Gasteiger partial charge in [0.1, 0.15) is 0 Å². The van der Waals surface area contributed by atoms with Crippen LogP contribution in [0.5, 0.6) is 0 Å². The summed E-state index contributed by atoms with van der Waals surface area (Å²) < 4.78 is 18.7. The number of aliphatic carboxylic acids is 2. The number of methoxy groups -OCH3 is 1. The van der Waals surface area contributed by atoms with Gasteiger partial charge >= 0.3 is 11.9 Å². The zero-order valence-electron chi connectivity index (χ0n) is 16.8. The maximum Gasteiger partial charge on any atom is 0.327 e. The van der Waals surface area contributed by atoms with Gasteiger partial charge < -0.3 is 49.6 Å². The first kappa shape index (κ1) is 34.6. The highest BCUT2D eigenvalue weighted by atomic mass is 16.6. The number of hydrogen-bond donors (Lipinski definition) is 6. The highest BCUT2D eigenvalue weighted by Gasteiger charge is 2.00. The highest BCUT2D eigenvalue weighted by molar-refractivity contribution is 5.79. The second-order valence-electron chi connectivity index (χ2n) is 4.28. The molecule has 0 rings (SSSR count). The van der Waals surface area contributed by atoms with Crippen LogP contribution in [-0.2, 0) is 28.5 Å². The Kier molecular flexibility index (Phi) is 36.8. The predicted octanol–water partition coefficient (Wildman–Crippen LogP) is -1.18. The van der Waals surface area contributed by atoms with Gasteiger partial charge in [0.15, 0.2) is 12.6 Å². The van der Waals surface area contributed by atoms with Crippen molar-refractivity contribution < 1.29 is 59.2 Å². The summed E-state index contributed by atoms with van der Waals surface area (Å²) in [5.41, 5.74) is 0. The fourth-order valence-corrected chi connectivity index (χ4v) is 0.806. The van der Waals surface area contributed by atoms with Gasteiger partial charge in [-0.15, -0.1) is 0 Å². The maximum atomic E-state index is 9.25. The minimum absolute atomic E-state index is 0.0289. The fourth-order valence-electron chi connectivity index (χ4n) is 0.806. The molecule has 174 valence electrons. The average molecular weight is 430 g/mol. The van der Waals surface area contributed by atoms with E-state index >= 15 is 0 Å². The van der Waals surface area contributed by atoms with Crippen molar-refractivity contribution >= 4 is 11.9 Å². The average Bonchev–Trinajstić information content (AvgIpc) is 2.69. The SMILES string of the molecule is C=CC(=O)O.C=CC(=O)O.CCOC(O)COCCO.COC(O)COCCO. The second kappa shape index (κ2) is 30.8. The molecule has 0 heterocycles. The van der Waals surface area contributed by atoms with Crippen molar-refractivity contribution in [2.75, 3.05) is 53.4 Å². The summed E-state index contributed by atoms with van der Waals surface area (Å²) in [6.45, 7) is 8.81. The fraction of sp³-hybridized carbons (Fsp3) is 0.647. The standard InChI is InChI=1S/C6H14O4.C5H12O4.2C3H4O2/c1-2-10-6(8)5-9-4-3-7;1-8-5(7)4-9-3-2-6;2*1-2-3(4)5/h6-8H,2-5H2,1H3;5-7H,2-4H2,1H3;2*2H,1H2,(H,4,5). The molecule has 0 spiro atoms. The number of hydrogen-bond acceptors (Lipinski definition) is 10. The minimum Gasteiger partial charge on any atom is -0.478 e. The van der Waals surface area contributed by atoms with E-state index in [1.807, 2.05) is 0 Å². The number of carbonyl (C=O) groups is 2. The van der Waals surface area contributed by atoms with Crippen molar-refractivity contribution in [3.8, 4) is 0 Å². The van der Waals surface area contributed by atoms with Crippen LogP contribution >= 0.6 is 0 Å². The molecule has 12 heteroatoms. The largest absolute Gasteiger partial charge is 0.478 e. The Labute approximate surface area is 170 Å². The molecule has 0 aromatic rings. The van der Waals surface area contributed by atoms with Crippen LogP contribution < -0.4 is 0 Å². The number of carboxylic acids is 2. The Bertz CT molecular complexity index is 357. The van der Waals surface area contributed by atoms with E-state index in [0.717, 1.165) is 12.2 Å². The third-order valence-corrected chi connectivity index (χ3v) is 1.97. The smallest absolute Gasteiger partial charge is 0.327 e. The Hall–Kier alpha value is -1.90. The lowest BCUT2D eigenvalue weighted by molar-refractivity contribution is -0.136. The molecule has 0 bridgehead atoms. The molecule has 0 aliphatic rings. The van der Waals surface area contributed by atoms with E-state index in [0.29, 0.717) is 6.61 Å². The van der Waals surface area contributed by atoms with Crippen molar-refractivity contribution in [2.45, 2.75) is 19.5 Å². The molecule has 0 saturated heterocycles. The summed E-state index contributed by atoms with van der Waals surface area (Å²) in [5, 5.41) is 49.2. The lowest BCUT2D eigenvalue weighted by Crippen LogP contribution is -2.19. The van der Waals surface area contributed by atoms with Crippen LogP contribution in [0.2, 0.25) is 0 Å². The molecule has 0 fully saturated rings. The number of rotatable bonds is 13. The molecule has 0 amide bonds. The summed E-state index contributed by atoms with van der Waals surface area (Å²) in [6, 6.07) is 0. The number of carboxylic acid groups (broad SMARTS) is 2. The first-order valence-corrected chi connectivity index (χ1v) is 8.24. The van der Waals surface area contributed by atoms with Crippen LogP contribution in [-0.4, -0.2) is 109 Å². The maximum absolute atomic E-state index is 9.25. The molecule has 2 unspecified atom stereocenters. The Morgan fingerprint density at radius 3 is 1.48 bits per heavy atom. The predicted molar refractivity (Wildman–Crippen MR) is 102 cm³/mol. The topological polar surface area (TPSA) is 192 Å². The van der Waals surface area contributed by atoms with Gasteiger partial charge in [0, 0.05) is 25.9 Å². The van der Waals surface area contributed by atoms with E-state index in [2.05, 4.69) is 17.9 Å². The van der Waals surface area contributed by atoms with Gasteiger partial charge in [-0.25, -0.2) is 9.59 Å². The number of aliphatic hydroxyl groups is 4. The second-order valence-corrected chi connectivity index (χ2v) is 4.28. The zero-order valence-corrected chi connectivity index (χ0v) is 16.8. The molecule has 6 N–H and O–H groups in total. The molecule has 0 saturated carbocycles. The van der Waals surface area contributed by atoms with Crippen molar-refractivity contribution in [3.63, 3.8) is 0 Å². The van der Waals surface area contributed by atoms with Crippen LogP contribution in [0.1, 0.15) is 6.92 Å². The molecular formula is C17H34O12. The van der Waals surface area contributed by atoms with Crippen molar-refractivity contribution in [3.05, 3.63) is 25.3 Å². The van der Waals surface area contributed by atoms with Gasteiger partial charge in [-0.1, -0.05) is 13.2 Å². The van der Waals surface area contributed by atoms with Crippen molar-refractivity contribution in [2.24, 2.45) is 0 Å². The zero-order chi connectivity index (χ0) is 23.5. The highest BCUT2D eigenvalue weighted by Crippen LogP contribution is 1.87. The quantitative estimate of drug-likeness (QED) is 0.117. The van der Waals surface area contributed by atoms with Crippen LogP contribution in [0.4, 0.5) is 0 Å². The summed E-state index contributed by atoms with van der Waals surface area (Å²) in [6.07, 6.45) is -0.0758. The molecule has 0 aromatic carbocycles. The lowest BCUT2D eigenvalue weighted by atomic mass is 10.6. The third-order valence-electron chi connectivity index (χ3n) is 1.97. The molecule has 0 aromatic heterocycles. The van der Waals surface area contributed by atoms with Crippen LogP contribution in [0.25, 0.3) is 0 Å². The normalized spacial score (nSPS) is 11.1. The minimum atomic E-state index is -0.981. The molecule has 12 nitrogen and oxygen atoms in total. The Morgan fingerprint density at radius 2 is 1.24 bits per heavy atom. The molecule has 0 aliphatic heterocycles. The van der Waals surface area contributed by atoms with Crippen molar-refractivity contribution in [1.29, 1.82) is 0 Å². The molecule has 29 heavy (non-hydrogen) atoms. The first-order chi connectivity index (χ1) is 13.7. The van der Waals surface area contributed by atoms with E-state index in [9.17, 15) is 9.59 Å². The summed E-state index contributed by atoms with van der Waals surface area (Å²) in [5.74, 6) is -1.96. The van der Waals surface area contributed by atoms with Gasteiger partial charge in [0.2, 0.25) is 0 Å². The van der Waals surface area contributed by atoms with Gasteiger partial charge in [0.05, 0.1) is 39.6 Å². The Morgan fingerprint density at radius 1 is 0.897 bits per heavy atom. The monoisotopic (exact) mass is 430 g/mol. The van der Waals surface area contributed by atoms with Gasteiger partial charge in [-0.05, 0) is 6.92 Å². The lowest BCUT2D eigenvalue weighted by Gasteiger charge is -2.09. The molecule has 0 radical (unpaired) electrons. The van der Waals surface area contributed by atoms with E-state index in [1.54, 1.807) is 6.92 Å². The van der Waals surface area contributed by atoms with Crippen LogP contribution in [0.15, 0.2) is 25.3 Å². The molecule has 2 atom stereocenters. The van der Waals surface area contributed by atoms with Crippen LogP contribution in [0.3, 0.4) is 0 Å². The number of ether oxygens (including phenoxy) is 4. The van der Waals surface area contributed by atoms with Crippen molar-refractivity contribution in [1.82, 2.24) is 0 Å². The number of aliphatic hydroxyl groups excluding tert-OH is 4. The van der Waals surface area contributed by atoms with E-state index in [1.165, 1.54) is 7.11 Å². The van der Waals surface area contributed by atoms with E-state index in [4.69, 9.17) is 44.8 Å². The van der Waals surface area contributed by atoms with Gasteiger partial charge in [-0.3, -0.25) is 0 Å². The summed E-state index contributed by atoms with van der Waals surface area (Å²) >= 11 is 0. The van der Waals surface area contributed by atoms with E-state index in [-0.39, 0.29) is 39.6 Å². The summed E-state index contributed by atoms with van der Waals surface area (Å²) in [7, 11) is 1.38. The first-order valence-electron chi connectivity index (χ1n) is 8.24. The third kappa shape index (κ3) is 51.8. The summed E-state index contributed by atoms with van der Waals surface area (Å²) in [4.78, 5) is 18.5. The molecule has 0 aliphatic carbocycles. The molecular weight excluding hydrogens is 396 g/mol. The van der Waals surface area contributed by atoms with Crippen LogP contribution in [0, 0.1) is 0 Å².